The van der Waals surface area contributed by atoms with Crippen molar-refractivity contribution >= 4 is 55.0 Å². The van der Waals surface area contributed by atoms with E-state index in [4.69, 9.17) is 9.47 Å². The van der Waals surface area contributed by atoms with Crippen molar-refractivity contribution in [3.05, 3.63) is 96.1 Å². The quantitative estimate of drug-likeness (QED) is 0.0413. The van der Waals surface area contributed by atoms with Crippen LogP contribution in [0.1, 0.15) is 115 Å². The van der Waals surface area contributed by atoms with E-state index in [2.05, 4.69) is 100 Å². The number of hydrogen-bond acceptors (Lipinski definition) is 4. The van der Waals surface area contributed by atoms with E-state index in [0.29, 0.717) is 24.3 Å². The SMILES string of the molecule is CCCCCCCCC(=O)Oc1c2ccccc2c(-c2c3ccccc3c(OC(=O)CCCCCCCC)c3cccc(C)c23)c2c(C)cccc12. The lowest BCUT2D eigenvalue weighted by Gasteiger charge is -2.23. The van der Waals surface area contributed by atoms with Crippen LogP contribution < -0.4 is 9.47 Å². The van der Waals surface area contributed by atoms with Gasteiger partial charge in [-0.1, -0.05) is 163 Å². The molecule has 0 fully saturated rings. The largest absolute Gasteiger partial charge is 0.425 e. The number of esters is 2. The Morgan fingerprint density at radius 3 is 1.17 bits per heavy atom. The Balaban J connectivity index is 1.49. The number of fused-ring (bicyclic) bond motifs is 4. The van der Waals surface area contributed by atoms with E-state index >= 15 is 0 Å². The molecule has 0 spiro atoms. The fourth-order valence-electron chi connectivity index (χ4n) is 7.90. The maximum atomic E-state index is 13.4. The fourth-order valence-corrected chi connectivity index (χ4v) is 7.90. The number of carbonyl (C=O) groups is 2. The van der Waals surface area contributed by atoms with Gasteiger partial charge in [-0.05, 0) is 70.5 Å². The number of aryl methyl sites for hydroxylation is 2. The third kappa shape index (κ3) is 8.02. The molecule has 0 atom stereocenters. The highest BCUT2D eigenvalue weighted by Crippen LogP contribution is 2.51. The molecule has 0 unspecified atom stereocenters. The second-order valence-electron chi connectivity index (χ2n) is 14.5. The van der Waals surface area contributed by atoms with Gasteiger partial charge in [0.15, 0.2) is 0 Å². The van der Waals surface area contributed by atoms with Crippen molar-refractivity contribution in [1.82, 2.24) is 0 Å². The molecular formula is C48H54O4. The normalized spacial score (nSPS) is 11.5. The summed E-state index contributed by atoms with van der Waals surface area (Å²) in [5.74, 6) is 0.879. The molecule has 0 bridgehead atoms. The van der Waals surface area contributed by atoms with Crippen molar-refractivity contribution in [2.75, 3.05) is 0 Å². The first kappa shape index (κ1) is 37.1. The van der Waals surface area contributed by atoms with E-state index in [1.165, 1.54) is 38.5 Å². The molecule has 0 saturated carbocycles. The van der Waals surface area contributed by atoms with Gasteiger partial charge >= 0.3 is 11.9 Å². The number of hydrogen-bond donors (Lipinski definition) is 0. The highest BCUT2D eigenvalue weighted by Gasteiger charge is 2.25. The number of benzene rings is 6. The van der Waals surface area contributed by atoms with Gasteiger partial charge in [0.25, 0.3) is 0 Å². The molecule has 6 aromatic rings. The van der Waals surface area contributed by atoms with Crippen molar-refractivity contribution in [3.63, 3.8) is 0 Å². The molecule has 0 radical (unpaired) electrons. The first-order valence-corrected chi connectivity index (χ1v) is 19.7. The summed E-state index contributed by atoms with van der Waals surface area (Å²) in [5, 5.41) is 7.83. The van der Waals surface area contributed by atoms with Gasteiger partial charge in [-0.15, -0.1) is 0 Å². The van der Waals surface area contributed by atoms with Gasteiger partial charge in [0.2, 0.25) is 0 Å². The summed E-state index contributed by atoms with van der Waals surface area (Å²) in [5.41, 5.74) is 4.40. The molecule has 0 aromatic heterocycles. The second-order valence-corrected chi connectivity index (χ2v) is 14.5. The molecule has 0 saturated heterocycles. The number of unbranched alkanes of at least 4 members (excludes halogenated alkanes) is 10. The summed E-state index contributed by atoms with van der Waals surface area (Å²) in [6, 6.07) is 29.2. The molecule has 0 heterocycles. The monoisotopic (exact) mass is 694 g/mol. The van der Waals surface area contributed by atoms with Crippen molar-refractivity contribution in [1.29, 1.82) is 0 Å². The Morgan fingerprint density at radius 1 is 0.423 bits per heavy atom. The lowest BCUT2D eigenvalue weighted by molar-refractivity contribution is -0.135. The molecule has 0 aliphatic heterocycles. The first-order valence-electron chi connectivity index (χ1n) is 19.7. The van der Waals surface area contributed by atoms with Gasteiger partial charge in [0, 0.05) is 34.4 Å². The second kappa shape index (κ2) is 17.7. The van der Waals surface area contributed by atoms with Crippen LogP contribution in [-0.4, -0.2) is 11.9 Å². The van der Waals surface area contributed by atoms with Crippen molar-refractivity contribution < 1.29 is 19.1 Å². The minimum atomic E-state index is -0.185. The Bertz CT molecular complexity index is 2040. The number of rotatable bonds is 17. The van der Waals surface area contributed by atoms with E-state index in [-0.39, 0.29) is 11.9 Å². The molecule has 4 nitrogen and oxygen atoms in total. The van der Waals surface area contributed by atoms with Crippen LogP contribution in [0.5, 0.6) is 11.5 Å². The average molecular weight is 695 g/mol. The predicted molar refractivity (Wildman–Crippen MR) is 219 cm³/mol. The molecule has 0 amide bonds. The minimum Gasteiger partial charge on any atom is -0.425 e. The standard InChI is InChI=1S/C48H54O4/c1-5-7-9-11-13-15-31-41(49)51-47-37-27-19-17-25-35(37)45(43-33(3)23-21-29-39(43)47)46-36-26-18-20-28-38(36)48(40-30-22-24-34(4)44(40)46)52-42(50)32-16-14-12-10-8-6-2/h17-30H,5-16,31-32H2,1-4H3. The van der Waals surface area contributed by atoms with Crippen LogP contribution >= 0.6 is 0 Å². The summed E-state index contributed by atoms with van der Waals surface area (Å²) >= 11 is 0. The van der Waals surface area contributed by atoms with Crippen LogP contribution in [0.3, 0.4) is 0 Å². The van der Waals surface area contributed by atoms with Gasteiger partial charge in [-0.25, -0.2) is 0 Å². The summed E-state index contributed by atoms with van der Waals surface area (Å²) in [4.78, 5) is 26.8. The Hall–Kier alpha value is -4.70. The molecule has 4 heteroatoms. The number of ether oxygens (including phenoxy) is 2. The van der Waals surface area contributed by atoms with Crippen LogP contribution in [0.2, 0.25) is 0 Å². The van der Waals surface area contributed by atoms with Gasteiger partial charge in [-0.2, -0.15) is 0 Å². The van der Waals surface area contributed by atoms with Crippen molar-refractivity contribution in [2.45, 2.75) is 118 Å². The lowest BCUT2D eigenvalue weighted by Crippen LogP contribution is -2.09. The van der Waals surface area contributed by atoms with E-state index in [1.54, 1.807) is 0 Å². The Morgan fingerprint density at radius 2 is 0.769 bits per heavy atom. The molecule has 270 valence electrons. The third-order valence-electron chi connectivity index (χ3n) is 10.6. The topological polar surface area (TPSA) is 52.6 Å². The lowest BCUT2D eigenvalue weighted by atomic mass is 9.83. The Kier molecular flexibility index (Phi) is 12.6. The van der Waals surface area contributed by atoms with E-state index in [0.717, 1.165) is 104 Å². The van der Waals surface area contributed by atoms with Crippen LogP contribution in [-0.2, 0) is 9.59 Å². The van der Waals surface area contributed by atoms with E-state index < -0.39 is 0 Å². The Labute approximate surface area is 309 Å². The van der Waals surface area contributed by atoms with Gasteiger partial charge < -0.3 is 9.47 Å². The molecule has 0 N–H and O–H groups in total. The van der Waals surface area contributed by atoms with Crippen LogP contribution in [0.15, 0.2) is 84.9 Å². The molecule has 6 aromatic carbocycles. The highest BCUT2D eigenvalue weighted by atomic mass is 16.5. The first-order chi connectivity index (χ1) is 25.4. The van der Waals surface area contributed by atoms with Crippen LogP contribution in [0.25, 0.3) is 54.2 Å². The minimum absolute atomic E-state index is 0.185. The van der Waals surface area contributed by atoms with E-state index in [9.17, 15) is 9.59 Å². The summed E-state index contributed by atoms with van der Waals surface area (Å²) < 4.78 is 12.7. The summed E-state index contributed by atoms with van der Waals surface area (Å²) in [7, 11) is 0. The smallest absolute Gasteiger partial charge is 0.311 e. The van der Waals surface area contributed by atoms with Gasteiger partial charge in [0.05, 0.1) is 0 Å². The molecule has 52 heavy (non-hydrogen) atoms. The fraction of sp³-hybridized carbons (Fsp3) is 0.375. The zero-order valence-corrected chi connectivity index (χ0v) is 31.6. The zero-order chi connectivity index (χ0) is 36.5. The maximum Gasteiger partial charge on any atom is 0.311 e. The number of carbonyl (C=O) groups excluding carboxylic acids is 2. The molecule has 0 aliphatic carbocycles. The van der Waals surface area contributed by atoms with Crippen LogP contribution in [0, 0.1) is 13.8 Å². The maximum absolute atomic E-state index is 13.4. The van der Waals surface area contributed by atoms with Gasteiger partial charge in [-0.3, -0.25) is 9.59 Å². The highest BCUT2D eigenvalue weighted by molar-refractivity contribution is 6.28. The summed E-state index contributed by atoms with van der Waals surface area (Å²) in [6.45, 7) is 8.71. The van der Waals surface area contributed by atoms with Gasteiger partial charge in [0.1, 0.15) is 11.5 Å². The predicted octanol–water partition coefficient (Wildman–Crippen LogP) is 13.9. The van der Waals surface area contributed by atoms with Crippen molar-refractivity contribution in [2.24, 2.45) is 0 Å². The van der Waals surface area contributed by atoms with Crippen LogP contribution in [0.4, 0.5) is 0 Å². The van der Waals surface area contributed by atoms with Crippen molar-refractivity contribution in [3.8, 4) is 22.6 Å². The molecule has 0 aliphatic rings. The van der Waals surface area contributed by atoms with E-state index in [1.807, 2.05) is 12.1 Å². The summed E-state index contributed by atoms with van der Waals surface area (Å²) in [6.07, 6.45) is 14.2. The molecule has 6 rings (SSSR count). The average Bonchev–Trinajstić information content (AvgIpc) is 3.15. The third-order valence-corrected chi connectivity index (χ3v) is 10.6. The zero-order valence-electron chi connectivity index (χ0n) is 31.6. The molecular weight excluding hydrogens is 641 g/mol.